The van der Waals surface area contributed by atoms with E-state index in [4.69, 9.17) is 0 Å². The summed E-state index contributed by atoms with van der Waals surface area (Å²) in [6.07, 6.45) is 1.21. The van der Waals surface area contributed by atoms with Gasteiger partial charge in [-0.25, -0.2) is 9.59 Å². The summed E-state index contributed by atoms with van der Waals surface area (Å²) in [5.41, 5.74) is 0.556. The molecule has 2 N–H and O–H groups in total. The number of rotatable bonds is 8. The first-order chi connectivity index (χ1) is 11.4. The molecular weight excluding hydrogens is 312 g/mol. The molecule has 0 aliphatic carbocycles. The zero-order chi connectivity index (χ0) is 18.3. The lowest BCUT2D eigenvalue weighted by Crippen LogP contribution is -2.06. The number of aldehydes is 2. The Morgan fingerprint density at radius 1 is 0.875 bits per heavy atom. The monoisotopic (exact) mass is 330 g/mol. The van der Waals surface area contributed by atoms with Gasteiger partial charge >= 0.3 is 11.9 Å². The van der Waals surface area contributed by atoms with Crippen molar-refractivity contribution in [2.45, 2.75) is 26.7 Å². The fraction of sp³-hybridized carbons (Fsp3) is 0.222. The van der Waals surface area contributed by atoms with E-state index in [0.29, 0.717) is 23.7 Å². The Morgan fingerprint density at radius 3 is 1.50 bits per heavy atom. The van der Waals surface area contributed by atoms with Crippen LogP contribution in [0, 0.1) is 0 Å². The standard InChI is InChI=1S/C18H18O6/c1-3-13(17(21)22)15(9-19)11-6-5-7-12(8-11)16(10-20)14(4-2)18(23)24/h5-10H,3-4H2,1-2H3,(H,21,22)(H,23,24). The van der Waals surface area contributed by atoms with Crippen molar-refractivity contribution in [2.75, 3.05) is 0 Å². The molecule has 0 saturated carbocycles. The number of carbonyl (C=O) groups excluding carboxylic acids is 2. The molecule has 0 unspecified atom stereocenters. The molecule has 126 valence electrons. The maximum Gasteiger partial charge on any atom is 0.332 e. The van der Waals surface area contributed by atoms with Gasteiger partial charge in [-0.3, -0.25) is 9.59 Å². The van der Waals surface area contributed by atoms with Crippen molar-refractivity contribution in [1.82, 2.24) is 0 Å². The smallest absolute Gasteiger partial charge is 0.332 e. The van der Waals surface area contributed by atoms with Crippen LogP contribution in [-0.2, 0) is 19.2 Å². The average molecular weight is 330 g/mol. The predicted octanol–water partition coefficient (Wildman–Crippen LogP) is 2.58. The molecule has 0 amide bonds. The fourth-order valence-corrected chi connectivity index (χ4v) is 2.39. The first-order valence-corrected chi connectivity index (χ1v) is 7.35. The highest BCUT2D eigenvalue weighted by Crippen LogP contribution is 2.25. The van der Waals surface area contributed by atoms with Crippen molar-refractivity contribution in [1.29, 1.82) is 0 Å². The van der Waals surface area contributed by atoms with E-state index in [1.165, 1.54) is 6.07 Å². The zero-order valence-electron chi connectivity index (χ0n) is 13.4. The zero-order valence-corrected chi connectivity index (χ0v) is 13.4. The van der Waals surface area contributed by atoms with Crippen LogP contribution in [0.4, 0.5) is 0 Å². The highest BCUT2D eigenvalue weighted by Gasteiger charge is 2.17. The lowest BCUT2D eigenvalue weighted by atomic mass is 9.93. The molecule has 1 aromatic rings. The summed E-state index contributed by atoms with van der Waals surface area (Å²) in [7, 11) is 0. The van der Waals surface area contributed by atoms with Crippen LogP contribution in [0.25, 0.3) is 11.1 Å². The van der Waals surface area contributed by atoms with Crippen LogP contribution in [0.2, 0.25) is 0 Å². The van der Waals surface area contributed by atoms with E-state index < -0.39 is 11.9 Å². The van der Waals surface area contributed by atoms with E-state index in [1.54, 1.807) is 32.0 Å². The lowest BCUT2D eigenvalue weighted by molar-refractivity contribution is -0.133. The molecule has 0 aromatic heterocycles. The van der Waals surface area contributed by atoms with E-state index in [9.17, 15) is 29.4 Å². The predicted molar refractivity (Wildman–Crippen MR) is 88.3 cm³/mol. The summed E-state index contributed by atoms with van der Waals surface area (Å²) < 4.78 is 0. The normalized spacial score (nSPS) is 12.8. The minimum atomic E-state index is -1.20. The second-order valence-electron chi connectivity index (χ2n) is 4.92. The number of carbonyl (C=O) groups is 4. The van der Waals surface area contributed by atoms with Crippen molar-refractivity contribution in [3.63, 3.8) is 0 Å². The Balaban J connectivity index is 3.63. The largest absolute Gasteiger partial charge is 0.478 e. The summed E-state index contributed by atoms with van der Waals surface area (Å²) in [5, 5.41) is 18.4. The lowest BCUT2D eigenvalue weighted by Gasteiger charge is -2.10. The third kappa shape index (κ3) is 4.04. The molecule has 0 radical (unpaired) electrons. The van der Waals surface area contributed by atoms with Crippen molar-refractivity contribution >= 4 is 35.7 Å². The molecule has 6 nitrogen and oxygen atoms in total. The molecule has 0 atom stereocenters. The molecular formula is C18H18O6. The van der Waals surface area contributed by atoms with Crippen molar-refractivity contribution < 1.29 is 29.4 Å². The van der Waals surface area contributed by atoms with Gasteiger partial charge < -0.3 is 10.2 Å². The van der Waals surface area contributed by atoms with Crippen LogP contribution >= 0.6 is 0 Å². The quantitative estimate of drug-likeness (QED) is 0.560. The number of carboxylic acid groups (broad SMARTS) is 2. The minimum absolute atomic E-state index is 0.00507. The molecule has 24 heavy (non-hydrogen) atoms. The van der Waals surface area contributed by atoms with Gasteiger partial charge in [0.1, 0.15) is 0 Å². The Kier molecular flexibility index (Phi) is 6.79. The third-order valence-corrected chi connectivity index (χ3v) is 3.59. The highest BCUT2D eigenvalue weighted by atomic mass is 16.4. The van der Waals surface area contributed by atoms with Crippen molar-refractivity contribution in [3.05, 3.63) is 46.5 Å². The number of hydrogen-bond donors (Lipinski definition) is 2. The molecule has 6 heteroatoms. The highest BCUT2D eigenvalue weighted by molar-refractivity contribution is 6.18. The molecule has 0 fully saturated rings. The molecule has 0 heterocycles. The van der Waals surface area contributed by atoms with Crippen molar-refractivity contribution in [3.8, 4) is 0 Å². The van der Waals surface area contributed by atoms with E-state index in [0.717, 1.165) is 0 Å². The molecule has 0 saturated heterocycles. The van der Waals surface area contributed by atoms with Gasteiger partial charge in [-0.2, -0.15) is 0 Å². The van der Waals surface area contributed by atoms with Crippen LogP contribution in [0.1, 0.15) is 37.8 Å². The topological polar surface area (TPSA) is 109 Å². The van der Waals surface area contributed by atoms with Crippen molar-refractivity contribution in [2.24, 2.45) is 0 Å². The summed E-state index contributed by atoms with van der Waals surface area (Å²) in [5.74, 6) is -2.40. The van der Waals surface area contributed by atoms with Gasteiger partial charge in [0.25, 0.3) is 0 Å². The van der Waals surface area contributed by atoms with E-state index in [-0.39, 0.29) is 35.1 Å². The summed E-state index contributed by atoms with van der Waals surface area (Å²) in [6, 6.07) is 6.08. The summed E-state index contributed by atoms with van der Waals surface area (Å²) >= 11 is 0. The van der Waals surface area contributed by atoms with Gasteiger partial charge in [-0.1, -0.05) is 32.0 Å². The summed E-state index contributed by atoms with van der Waals surface area (Å²) in [4.78, 5) is 45.3. The first-order valence-electron chi connectivity index (χ1n) is 7.35. The van der Waals surface area contributed by atoms with Crippen LogP contribution < -0.4 is 0 Å². The molecule has 1 aromatic carbocycles. The Hall–Kier alpha value is -3.02. The van der Waals surface area contributed by atoms with Crippen LogP contribution in [0.3, 0.4) is 0 Å². The van der Waals surface area contributed by atoms with Gasteiger partial charge in [0.2, 0.25) is 0 Å². The maximum absolute atomic E-state index is 11.4. The number of allylic oxidation sites excluding steroid dienone is 2. The first kappa shape index (κ1) is 19.0. The minimum Gasteiger partial charge on any atom is -0.478 e. The molecule has 0 spiro atoms. The Labute approximate surface area is 139 Å². The molecule has 0 aliphatic heterocycles. The van der Waals surface area contributed by atoms with Crippen LogP contribution in [0.15, 0.2) is 35.4 Å². The molecule has 0 bridgehead atoms. The van der Waals surface area contributed by atoms with E-state index >= 15 is 0 Å². The molecule has 1 rings (SSSR count). The SMILES string of the molecule is CCC(C(=O)O)=C(C=O)c1cccc(C(C=O)=C(CC)C(=O)O)c1. The Morgan fingerprint density at radius 2 is 1.25 bits per heavy atom. The number of hydrogen-bond acceptors (Lipinski definition) is 4. The third-order valence-electron chi connectivity index (χ3n) is 3.59. The van der Waals surface area contributed by atoms with Gasteiger partial charge in [-0.05, 0) is 30.0 Å². The van der Waals surface area contributed by atoms with Crippen LogP contribution in [0.5, 0.6) is 0 Å². The van der Waals surface area contributed by atoms with Gasteiger partial charge in [0.15, 0.2) is 12.6 Å². The second kappa shape index (κ2) is 8.57. The number of aliphatic carboxylic acids is 2. The summed E-state index contributed by atoms with van der Waals surface area (Å²) in [6.45, 7) is 3.24. The molecule has 0 aliphatic rings. The fourth-order valence-electron chi connectivity index (χ4n) is 2.39. The number of benzene rings is 1. The second-order valence-corrected chi connectivity index (χ2v) is 4.92. The van der Waals surface area contributed by atoms with Gasteiger partial charge in [-0.15, -0.1) is 0 Å². The van der Waals surface area contributed by atoms with E-state index in [2.05, 4.69) is 0 Å². The number of carboxylic acids is 2. The average Bonchev–Trinajstić information content (AvgIpc) is 2.56. The Bertz CT molecular complexity index is 680. The van der Waals surface area contributed by atoms with Gasteiger partial charge in [0.05, 0.1) is 0 Å². The van der Waals surface area contributed by atoms with E-state index in [1.807, 2.05) is 0 Å². The van der Waals surface area contributed by atoms with Gasteiger partial charge in [0, 0.05) is 22.3 Å². The van der Waals surface area contributed by atoms with Crippen LogP contribution in [-0.4, -0.2) is 34.7 Å². The maximum atomic E-state index is 11.4.